The van der Waals surface area contributed by atoms with Crippen molar-refractivity contribution in [2.24, 2.45) is 11.8 Å². The van der Waals surface area contributed by atoms with Crippen LogP contribution < -0.4 is 4.74 Å². The molecular formula is C26H34O. The number of hydrogen-bond donors (Lipinski definition) is 0. The molecule has 0 spiro atoms. The van der Waals surface area contributed by atoms with E-state index in [0.717, 1.165) is 17.6 Å². The van der Waals surface area contributed by atoms with Crippen LogP contribution in [0, 0.1) is 11.8 Å². The topological polar surface area (TPSA) is 9.23 Å². The molecule has 2 aromatic rings. The molecule has 0 saturated heterocycles. The minimum absolute atomic E-state index is 0.623. The first-order valence-corrected chi connectivity index (χ1v) is 10.8. The largest absolute Gasteiger partial charge is 0.489 e. The van der Waals surface area contributed by atoms with Crippen molar-refractivity contribution in [2.75, 3.05) is 0 Å². The van der Waals surface area contributed by atoms with E-state index in [1.165, 1.54) is 62.5 Å². The molecule has 1 fully saturated rings. The van der Waals surface area contributed by atoms with E-state index < -0.39 is 0 Å². The number of hydrogen-bond acceptors (Lipinski definition) is 1. The van der Waals surface area contributed by atoms with Gasteiger partial charge in [-0.05, 0) is 60.8 Å². The Morgan fingerprint density at radius 2 is 1.63 bits per heavy atom. The lowest BCUT2D eigenvalue weighted by molar-refractivity contribution is 0.290. The monoisotopic (exact) mass is 362 g/mol. The number of ether oxygens (including phenoxy) is 1. The molecule has 0 radical (unpaired) electrons. The third-order valence-corrected chi connectivity index (χ3v) is 5.80. The van der Waals surface area contributed by atoms with Crippen LogP contribution in [-0.2, 0) is 6.61 Å². The summed E-state index contributed by atoms with van der Waals surface area (Å²) in [7, 11) is 0. The molecular weight excluding hydrogens is 328 g/mol. The molecule has 3 rings (SSSR count). The summed E-state index contributed by atoms with van der Waals surface area (Å²) in [6, 6.07) is 18.8. The van der Waals surface area contributed by atoms with Crippen LogP contribution in [0.1, 0.15) is 69.4 Å². The van der Waals surface area contributed by atoms with Gasteiger partial charge in [0.15, 0.2) is 0 Å². The zero-order chi connectivity index (χ0) is 18.7. The average Bonchev–Trinajstić information content (AvgIpc) is 2.73. The van der Waals surface area contributed by atoms with E-state index in [1.807, 2.05) is 18.2 Å². The predicted octanol–water partition coefficient (Wildman–Crippen LogP) is 7.67. The van der Waals surface area contributed by atoms with Crippen molar-refractivity contribution in [3.8, 4) is 5.75 Å². The molecule has 1 aliphatic rings. The maximum absolute atomic E-state index is 5.87. The second-order valence-electron chi connectivity index (χ2n) is 7.98. The molecule has 1 heteroatoms. The minimum atomic E-state index is 0.623. The molecule has 0 bridgehead atoms. The Labute approximate surface area is 165 Å². The second-order valence-corrected chi connectivity index (χ2v) is 7.98. The SMILES string of the molecule is CCCCCC1CCC(C=Cc2ccc(OCc3ccccc3)cc2)CC1. The first kappa shape index (κ1) is 19.7. The Morgan fingerprint density at radius 3 is 2.33 bits per heavy atom. The van der Waals surface area contributed by atoms with E-state index in [1.54, 1.807) is 0 Å². The fraction of sp³-hybridized carbons (Fsp3) is 0.462. The van der Waals surface area contributed by atoms with Gasteiger partial charge in [-0.1, -0.05) is 87.2 Å². The summed E-state index contributed by atoms with van der Waals surface area (Å²) in [5, 5.41) is 0. The van der Waals surface area contributed by atoms with Gasteiger partial charge in [0, 0.05) is 0 Å². The highest BCUT2D eigenvalue weighted by molar-refractivity contribution is 5.50. The highest BCUT2D eigenvalue weighted by Crippen LogP contribution is 2.33. The molecule has 1 saturated carbocycles. The fourth-order valence-electron chi connectivity index (χ4n) is 4.02. The van der Waals surface area contributed by atoms with Gasteiger partial charge in [0.25, 0.3) is 0 Å². The van der Waals surface area contributed by atoms with Crippen LogP contribution >= 0.6 is 0 Å². The van der Waals surface area contributed by atoms with Gasteiger partial charge >= 0.3 is 0 Å². The molecule has 27 heavy (non-hydrogen) atoms. The summed E-state index contributed by atoms with van der Waals surface area (Å²) < 4.78 is 5.87. The van der Waals surface area contributed by atoms with Crippen LogP contribution in [0.3, 0.4) is 0 Å². The minimum Gasteiger partial charge on any atom is -0.489 e. The van der Waals surface area contributed by atoms with E-state index in [4.69, 9.17) is 4.74 Å². The summed E-state index contributed by atoms with van der Waals surface area (Å²) in [6.07, 6.45) is 15.9. The van der Waals surface area contributed by atoms with Crippen LogP contribution in [0.5, 0.6) is 5.75 Å². The van der Waals surface area contributed by atoms with E-state index in [2.05, 4.69) is 55.5 Å². The zero-order valence-corrected chi connectivity index (χ0v) is 16.8. The van der Waals surface area contributed by atoms with Gasteiger partial charge in [-0.15, -0.1) is 0 Å². The normalized spacial score (nSPS) is 20.0. The molecule has 0 amide bonds. The molecule has 144 valence electrons. The van der Waals surface area contributed by atoms with Crippen molar-refractivity contribution in [3.63, 3.8) is 0 Å². The van der Waals surface area contributed by atoms with Gasteiger partial charge in [-0.25, -0.2) is 0 Å². The maximum atomic E-state index is 5.87. The van der Waals surface area contributed by atoms with Gasteiger partial charge in [0.1, 0.15) is 12.4 Å². The van der Waals surface area contributed by atoms with E-state index in [-0.39, 0.29) is 0 Å². The number of allylic oxidation sites excluding steroid dienone is 1. The van der Waals surface area contributed by atoms with Crippen molar-refractivity contribution >= 4 is 6.08 Å². The average molecular weight is 363 g/mol. The maximum Gasteiger partial charge on any atom is 0.119 e. The number of benzene rings is 2. The van der Waals surface area contributed by atoms with Gasteiger partial charge in [0.2, 0.25) is 0 Å². The Bertz CT molecular complexity index is 663. The van der Waals surface area contributed by atoms with Crippen molar-refractivity contribution in [1.29, 1.82) is 0 Å². The summed E-state index contributed by atoms with van der Waals surface area (Å²) >= 11 is 0. The Morgan fingerprint density at radius 1 is 0.889 bits per heavy atom. The van der Waals surface area contributed by atoms with Crippen molar-refractivity contribution < 1.29 is 4.74 Å². The molecule has 0 unspecified atom stereocenters. The van der Waals surface area contributed by atoms with E-state index >= 15 is 0 Å². The van der Waals surface area contributed by atoms with Crippen LogP contribution in [-0.4, -0.2) is 0 Å². The molecule has 1 nitrogen and oxygen atoms in total. The smallest absolute Gasteiger partial charge is 0.119 e. The first-order valence-electron chi connectivity index (χ1n) is 10.8. The molecule has 0 atom stereocenters. The molecule has 0 aliphatic heterocycles. The van der Waals surface area contributed by atoms with Crippen LogP contribution in [0.15, 0.2) is 60.7 Å². The summed E-state index contributed by atoms with van der Waals surface area (Å²) in [5.41, 5.74) is 2.47. The lowest BCUT2D eigenvalue weighted by Gasteiger charge is -2.26. The molecule has 0 aromatic heterocycles. The number of rotatable bonds is 9. The standard InChI is InChI=1S/C26H34O/c1-2-3-5-8-22-11-13-23(14-12-22)15-16-24-17-19-26(20-18-24)27-21-25-9-6-4-7-10-25/h4,6-7,9-10,15-20,22-23H,2-3,5,8,11-14,21H2,1H3. The predicted molar refractivity (Wildman–Crippen MR) is 116 cm³/mol. The highest BCUT2D eigenvalue weighted by atomic mass is 16.5. The lowest BCUT2D eigenvalue weighted by atomic mass is 9.79. The lowest BCUT2D eigenvalue weighted by Crippen LogP contribution is -2.12. The van der Waals surface area contributed by atoms with E-state index in [0.29, 0.717) is 6.61 Å². The molecule has 0 N–H and O–H groups in total. The molecule has 0 heterocycles. The van der Waals surface area contributed by atoms with Gasteiger partial charge < -0.3 is 4.74 Å². The second kappa shape index (κ2) is 11.0. The summed E-state index contributed by atoms with van der Waals surface area (Å²) in [5.74, 6) is 2.69. The molecule has 2 aromatic carbocycles. The van der Waals surface area contributed by atoms with E-state index in [9.17, 15) is 0 Å². The van der Waals surface area contributed by atoms with Crippen LogP contribution in [0.4, 0.5) is 0 Å². The third kappa shape index (κ3) is 6.90. The van der Waals surface area contributed by atoms with Crippen molar-refractivity contribution in [1.82, 2.24) is 0 Å². The summed E-state index contributed by atoms with van der Waals surface area (Å²) in [6.45, 7) is 2.92. The molecule has 1 aliphatic carbocycles. The third-order valence-electron chi connectivity index (χ3n) is 5.80. The van der Waals surface area contributed by atoms with Gasteiger partial charge in [0.05, 0.1) is 0 Å². The number of unbranched alkanes of at least 4 members (excludes halogenated alkanes) is 2. The van der Waals surface area contributed by atoms with Gasteiger partial charge in [-0.2, -0.15) is 0 Å². The zero-order valence-electron chi connectivity index (χ0n) is 16.8. The van der Waals surface area contributed by atoms with Gasteiger partial charge in [-0.3, -0.25) is 0 Å². The van der Waals surface area contributed by atoms with Crippen LogP contribution in [0.25, 0.3) is 6.08 Å². The fourth-order valence-corrected chi connectivity index (χ4v) is 4.02. The quantitative estimate of drug-likeness (QED) is 0.416. The Hall–Kier alpha value is -2.02. The first-order chi connectivity index (χ1) is 13.3. The Balaban J connectivity index is 1.40. The van der Waals surface area contributed by atoms with Crippen molar-refractivity contribution in [2.45, 2.75) is 64.9 Å². The summed E-state index contributed by atoms with van der Waals surface area (Å²) in [4.78, 5) is 0. The highest BCUT2D eigenvalue weighted by Gasteiger charge is 2.18. The Kier molecular flexibility index (Phi) is 8.02. The van der Waals surface area contributed by atoms with Crippen molar-refractivity contribution in [3.05, 3.63) is 71.8 Å². The van der Waals surface area contributed by atoms with Crippen LogP contribution in [0.2, 0.25) is 0 Å².